The molecule has 3 aromatic rings. The number of carbonyl (C=O) groups excluding carboxylic acids is 2. The monoisotopic (exact) mass is 515 g/mol. The van der Waals surface area contributed by atoms with Gasteiger partial charge in [0.05, 0.1) is 28.8 Å². The fourth-order valence-corrected chi connectivity index (χ4v) is 6.13. The molecular formula is C29H33N5O4. The number of nitrogens with zero attached hydrogens (tertiary/aromatic N) is 4. The van der Waals surface area contributed by atoms with Gasteiger partial charge in [0, 0.05) is 44.4 Å². The maximum Gasteiger partial charge on any atom is 0.272 e. The minimum absolute atomic E-state index is 0.0689. The lowest BCUT2D eigenvalue weighted by Gasteiger charge is -2.40. The van der Waals surface area contributed by atoms with Crippen molar-refractivity contribution >= 4 is 22.6 Å². The molecule has 2 saturated heterocycles. The van der Waals surface area contributed by atoms with Gasteiger partial charge in [-0.2, -0.15) is 5.10 Å². The Morgan fingerprint density at radius 3 is 2.53 bits per heavy atom. The molecule has 0 saturated carbocycles. The highest BCUT2D eigenvalue weighted by atomic mass is 16.5. The first-order valence-corrected chi connectivity index (χ1v) is 13.4. The largest absolute Gasteiger partial charge is 0.492 e. The number of amides is 2. The summed E-state index contributed by atoms with van der Waals surface area (Å²) in [7, 11) is 2.02. The molecule has 38 heavy (non-hydrogen) atoms. The van der Waals surface area contributed by atoms with E-state index in [1.165, 1.54) is 0 Å². The Labute approximate surface area is 221 Å². The van der Waals surface area contributed by atoms with E-state index in [1.807, 2.05) is 48.0 Å². The normalized spacial score (nSPS) is 21.5. The summed E-state index contributed by atoms with van der Waals surface area (Å²) in [6.45, 7) is 5.57. The zero-order chi connectivity index (χ0) is 26.4. The summed E-state index contributed by atoms with van der Waals surface area (Å²) in [6.07, 6.45) is 3.14. The lowest BCUT2D eigenvalue weighted by Crippen LogP contribution is -2.58. The van der Waals surface area contributed by atoms with Crippen molar-refractivity contribution in [3.05, 3.63) is 69.1 Å². The predicted molar refractivity (Wildman–Crippen MR) is 144 cm³/mol. The van der Waals surface area contributed by atoms with Crippen LogP contribution in [-0.4, -0.2) is 88.6 Å². The number of likely N-dealkylation sites (tertiary alicyclic amines) is 1. The number of hydrogen-bond acceptors (Lipinski definition) is 6. The Balaban J connectivity index is 1.23. The third kappa shape index (κ3) is 4.15. The van der Waals surface area contributed by atoms with Crippen LogP contribution in [0.2, 0.25) is 0 Å². The molecule has 0 bridgehead atoms. The van der Waals surface area contributed by atoms with Crippen LogP contribution in [0.3, 0.4) is 0 Å². The Morgan fingerprint density at radius 1 is 1.05 bits per heavy atom. The van der Waals surface area contributed by atoms with Crippen LogP contribution in [0.1, 0.15) is 46.9 Å². The van der Waals surface area contributed by atoms with Crippen molar-refractivity contribution in [2.75, 3.05) is 46.4 Å². The van der Waals surface area contributed by atoms with Gasteiger partial charge in [-0.25, -0.2) is 5.10 Å². The minimum Gasteiger partial charge on any atom is -0.492 e. The van der Waals surface area contributed by atoms with Crippen molar-refractivity contribution in [2.45, 2.75) is 38.1 Å². The number of rotatable bonds is 4. The highest BCUT2D eigenvalue weighted by Crippen LogP contribution is 2.34. The summed E-state index contributed by atoms with van der Waals surface area (Å²) >= 11 is 0. The van der Waals surface area contributed by atoms with Crippen LogP contribution < -0.4 is 10.3 Å². The summed E-state index contributed by atoms with van der Waals surface area (Å²) in [5, 5.41) is 8.33. The quantitative estimate of drug-likeness (QED) is 0.572. The molecule has 1 aromatic heterocycles. The lowest BCUT2D eigenvalue weighted by molar-refractivity contribution is -0.142. The smallest absolute Gasteiger partial charge is 0.272 e. The van der Waals surface area contributed by atoms with E-state index in [4.69, 9.17) is 4.74 Å². The molecule has 9 heteroatoms. The summed E-state index contributed by atoms with van der Waals surface area (Å²) in [5.74, 6) is 0.758. The lowest BCUT2D eigenvalue weighted by atomic mass is 9.96. The molecule has 1 N–H and O–H groups in total. The van der Waals surface area contributed by atoms with Crippen molar-refractivity contribution in [3.8, 4) is 5.75 Å². The standard InChI is InChI=1S/C29H33N5O4/c1-29(9-5-10-32(29)2)28(37)34-13-11-33(12-14-34)27(36)23-17-19(16-20-8-15-38-25(20)23)18-24-21-6-3-4-7-22(21)26(35)31-30-24/h3-4,6-7,16-17H,5,8-15,18H2,1-2H3,(H,31,35)/t29-/m1/s1. The summed E-state index contributed by atoms with van der Waals surface area (Å²) in [5.41, 5.74) is 2.63. The van der Waals surface area contributed by atoms with E-state index in [2.05, 4.69) is 21.2 Å². The first kappa shape index (κ1) is 24.6. The number of benzene rings is 2. The molecule has 2 aromatic carbocycles. The van der Waals surface area contributed by atoms with E-state index >= 15 is 0 Å². The van der Waals surface area contributed by atoms with Gasteiger partial charge in [0.1, 0.15) is 5.75 Å². The van der Waals surface area contributed by atoms with E-state index in [-0.39, 0.29) is 17.4 Å². The molecule has 3 aliphatic rings. The van der Waals surface area contributed by atoms with Crippen LogP contribution in [0.25, 0.3) is 10.8 Å². The van der Waals surface area contributed by atoms with Crippen molar-refractivity contribution in [3.63, 3.8) is 0 Å². The van der Waals surface area contributed by atoms with Gasteiger partial charge in [0.25, 0.3) is 11.5 Å². The van der Waals surface area contributed by atoms with Crippen LogP contribution in [0.4, 0.5) is 0 Å². The van der Waals surface area contributed by atoms with E-state index in [0.29, 0.717) is 55.9 Å². The number of likely N-dealkylation sites (N-methyl/N-ethyl adjacent to an activating group) is 1. The number of H-pyrrole nitrogens is 1. The average Bonchev–Trinajstić information content (AvgIpc) is 3.55. The summed E-state index contributed by atoms with van der Waals surface area (Å²) in [6, 6.07) is 11.4. The zero-order valence-electron chi connectivity index (χ0n) is 22.0. The molecule has 0 aliphatic carbocycles. The maximum atomic E-state index is 13.7. The van der Waals surface area contributed by atoms with Gasteiger partial charge in [-0.15, -0.1) is 0 Å². The number of ether oxygens (including phenoxy) is 1. The second-order valence-corrected chi connectivity index (χ2v) is 10.8. The maximum absolute atomic E-state index is 13.7. The van der Waals surface area contributed by atoms with Gasteiger partial charge < -0.3 is 14.5 Å². The highest BCUT2D eigenvalue weighted by Gasteiger charge is 2.44. The fourth-order valence-electron chi connectivity index (χ4n) is 6.13. The fraction of sp³-hybridized carbons (Fsp3) is 0.448. The Morgan fingerprint density at radius 2 is 1.79 bits per heavy atom. The van der Waals surface area contributed by atoms with Crippen molar-refractivity contribution < 1.29 is 14.3 Å². The van der Waals surface area contributed by atoms with Gasteiger partial charge in [0.15, 0.2) is 0 Å². The van der Waals surface area contributed by atoms with Crippen LogP contribution in [0.5, 0.6) is 5.75 Å². The molecular weight excluding hydrogens is 482 g/mol. The number of carbonyl (C=O) groups is 2. The first-order chi connectivity index (χ1) is 18.3. The Bertz CT molecular complexity index is 1480. The molecule has 0 unspecified atom stereocenters. The first-order valence-electron chi connectivity index (χ1n) is 13.4. The second-order valence-electron chi connectivity index (χ2n) is 10.8. The van der Waals surface area contributed by atoms with E-state index in [1.54, 1.807) is 6.07 Å². The molecule has 6 rings (SSSR count). The third-order valence-electron chi connectivity index (χ3n) is 8.53. The van der Waals surface area contributed by atoms with Crippen molar-refractivity contribution in [1.82, 2.24) is 24.9 Å². The number of aromatic nitrogens is 2. The second kappa shape index (κ2) is 9.54. The van der Waals surface area contributed by atoms with Gasteiger partial charge in [0.2, 0.25) is 5.91 Å². The van der Waals surface area contributed by atoms with Crippen LogP contribution >= 0.6 is 0 Å². The molecule has 0 radical (unpaired) electrons. The molecule has 4 heterocycles. The molecule has 0 spiro atoms. The van der Waals surface area contributed by atoms with Gasteiger partial charge in [-0.3, -0.25) is 19.3 Å². The highest BCUT2D eigenvalue weighted by molar-refractivity contribution is 5.98. The molecule has 1 atom stereocenters. The molecule has 198 valence electrons. The van der Waals surface area contributed by atoms with Crippen molar-refractivity contribution in [2.24, 2.45) is 0 Å². The SMILES string of the molecule is CN1CCC[C@]1(C)C(=O)N1CCN(C(=O)c2cc(Cc3n[nH]c(=O)c4ccccc34)cc3c2OCC3)CC1. The van der Waals surface area contributed by atoms with Crippen LogP contribution in [-0.2, 0) is 17.6 Å². The minimum atomic E-state index is -0.449. The number of piperazine rings is 1. The van der Waals surface area contributed by atoms with Crippen LogP contribution in [0.15, 0.2) is 41.2 Å². The topological polar surface area (TPSA) is 98.8 Å². The number of fused-ring (bicyclic) bond motifs is 2. The van der Waals surface area contributed by atoms with Crippen LogP contribution in [0, 0.1) is 0 Å². The van der Waals surface area contributed by atoms with E-state index in [0.717, 1.165) is 48.0 Å². The summed E-state index contributed by atoms with van der Waals surface area (Å²) in [4.78, 5) is 45.2. The molecule has 2 fully saturated rings. The predicted octanol–water partition coefficient (Wildman–Crippen LogP) is 2.22. The number of nitrogens with one attached hydrogen (secondary N) is 1. The van der Waals surface area contributed by atoms with Crippen molar-refractivity contribution in [1.29, 1.82) is 0 Å². The Hall–Kier alpha value is -3.72. The molecule has 2 amide bonds. The third-order valence-corrected chi connectivity index (χ3v) is 8.53. The van der Waals surface area contributed by atoms with Gasteiger partial charge in [-0.1, -0.05) is 24.3 Å². The zero-order valence-corrected chi connectivity index (χ0v) is 22.0. The van der Waals surface area contributed by atoms with Gasteiger partial charge in [-0.05, 0) is 56.6 Å². The van der Waals surface area contributed by atoms with E-state index in [9.17, 15) is 14.4 Å². The number of hydrogen-bond donors (Lipinski definition) is 1. The Kier molecular flexibility index (Phi) is 6.18. The van der Waals surface area contributed by atoms with Gasteiger partial charge >= 0.3 is 0 Å². The number of aromatic amines is 1. The average molecular weight is 516 g/mol. The molecule has 3 aliphatic heterocycles. The summed E-state index contributed by atoms with van der Waals surface area (Å²) < 4.78 is 5.90. The molecule has 9 nitrogen and oxygen atoms in total. The van der Waals surface area contributed by atoms with E-state index < -0.39 is 5.54 Å².